The molecule has 0 aliphatic carbocycles. The highest BCUT2D eigenvalue weighted by Gasteiger charge is 2.02. The first-order valence-corrected chi connectivity index (χ1v) is 10.7. The lowest BCUT2D eigenvalue weighted by atomic mass is 10.1. The van der Waals surface area contributed by atoms with E-state index in [0.717, 1.165) is 18.6 Å². The number of ether oxygens (including phenoxy) is 1. The molecule has 0 aliphatic rings. The van der Waals surface area contributed by atoms with Crippen LogP contribution in [0.4, 0.5) is 0 Å². The Morgan fingerprint density at radius 2 is 1.17 bits per heavy atom. The Morgan fingerprint density at radius 3 is 1.74 bits per heavy atom. The van der Waals surface area contributed by atoms with Crippen molar-refractivity contribution in [1.29, 1.82) is 0 Å². The molecule has 0 atom stereocenters. The first-order valence-electron chi connectivity index (χ1n) is 10.1. The molecule has 3 heteroatoms. The van der Waals surface area contributed by atoms with Gasteiger partial charge in [0.1, 0.15) is 0 Å². The molecular weight excluding hydrogens is 304 g/mol. The van der Waals surface area contributed by atoms with Gasteiger partial charge in [0.15, 0.2) is 0 Å². The zero-order chi connectivity index (χ0) is 17.0. The van der Waals surface area contributed by atoms with Gasteiger partial charge in [-0.1, -0.05) is 84.0 Å². The largest absolute Gasteiger partial charge is 0.466 e. The van der Waals surface area contributed by atoms with Gasteiger partial charge in [0.25, 0.3) is 0 Å². The van der Waals surface area contributed by atoms with Gasteiger partial charge in [-0.2, -0.15) is 12.6 Å². The van der Waals surface area contributed by atoms with Crippen LogP contribution in [0.25, 0.3) is 0 Å². The van der Waals surface area contributed by atoms with E-state index < -0.39 is 0 Å². The molecule has 0 aromatic carbocycles. The van der Waals surface area contributed by atoms with Gasteiger partial charge in [-0.15, -0.1) is 0 Å². The van der Waals surface area contributed by atoms with Gasteiger partial charge in [0.05, 0.1) is 6.61 Å². The minimum absolute atomic E-state index is 0.00492. The Morgan fingerprint density at radius 1 is 0.696 bits per heavy atom. The normalized spacial score (nSPS) is 10.9. The third-order valence-electron chi connectivity index (χ3n) is 4.30. The molecule has 0 aliphatic heterocycles. The third-order valence-corrected chi connectivity index (χ3v) is 4.62. The summed E-state index contributed by atoms with van der Waals surface area (Å²) in [6.45, 7) is 2.85. The topological polar surface area (TPSA) is 26.3 Å². The van der Waals surface area contributed by atoms with Crippen LogP contribution < -0.4 is 0 Å². The summed E-state index contributed by atoms with van der Waals surface area (Å²) in [4.78, 5) is 11.6. The number of hydrogen-bond donors (Lipinski definition) is 1. The molecule has 0 spiro atoms. The minimum Gasteiger partial charge on any atom is -0.466 e. The predicted molar refractivity (Wildman–Crippen MR) is 104 cm³/mol. The summed E-state index contributed by atoms with van der Waals surface area (Å²) >= 11 is 4.22. The first kappa shape index (κ1) is 22.8. The van der Waals surface area contributed by atoms with E-state index in [-0.39, 0.29) is 5.97 Å². The highest BCUT2D eigenvalue weighted by molar-refractivity contribution is 7.80. The van der Waals surface area contributed by atoms with Crippen molar-refractivity contribution in [2.45, 2.75) is 110 Å². The molecular formula is C20H40O2S. The summed E-state index contributed by atoms with van der Waals surface area (Å²) in [6.07, 6.45) is 19.4. The number of rotatable bonds is 18. The van der Waals surface area contributed by atoms with Crippen molar-refractivity contribution >= 4 is 18.6 Å². The number of hydrogen-bond acceptors (Lipinski definition) is 3. The van der Waals surface area contributed by atoms with Crippen molar-refractivity contribution in [2.24, 2.45) is 0 Å². The van der Waals surface area contributed by atoms with Crippen LogP contribution in [0.3, 0.4) is 0 Å². The van der Waals surface area contributed by atoms with Crippen LogP contribution in [0.15, 0.2) is 0 Å². The van der Waals surface area contributed by atoms with E-state index in [9.17, 15) is 4.79 Å². The smallest absolute Gasteiger partial charge is 0.305 e. The number of unbranched alkanes of at least 4 members (excludes halogenated alkanes) is 13. The maximum absolute atomic E-state index is 11.6. The van der Waals surface area contributed by atoms with Crippen LogP contribution in [0.1, 0.15) is 110 Å². The van der Waals surface area contributed by atoms with Crippen LogP contribution in [-0.4, -0.2) is 18.3 Å². The van der Waals surface area contributed by atoms with Gasteiger partial charge in [-0.3, -0.25) is 4.79 Å². The summed E-state index contributed by atoms with van der Waals surface area (Å²) in [5, 5.41) is 0. The maximum Gasteiger partial charge on any atom is 0.305 e. The Bertz CT molecular complexity index is 244. The fraction of sp³-hybridized carbons (Fsp3) is 0.950. The highest BCUT2D eigenvalue weighted by atomic mass is 32.1. The lowest BCUT2D eigenvalue weighted by Gasteiger charge is -2.05. The average Bonchev–Trinajstić information content (AvgIpc) is 2.55. The van der Waals surface area contributed by atoms with E-state index in [1.807, 2.05) is 0 Å². The molecule has 0 rings (SSSR count). The number of esters is 1. The molecule has 0 heterocycles. The van der Waals surface area contributed by atoms with E-state index in [0.29, 0.717) is 13.0 Å². The van der Waals surface area contributed by atoms with Gasteiger partial charge < -0.3 is 4.74 Å². The van der Waals surface area contributed by atoms with Crippen molar-refractivity contribution in [2.75, 3.05) is 12.4 Å². The Hall–Kier alpha value is -0.180. The fourth-order valence-corrected chi connectivity index (χ4v) is 2.98. The zero-order valence-electron chi connectivity index (χ0n) is 15.5. The number of carbonyl (C=O) groups excluding carboxylic acids is 1. The molecule has 138 valence electrons. The molecule has 0 saturated carbocycles. The SMILES string of the molecule is CCCCCCCCOC(=O)CCCCCCCCCCCS. The first-order chi connectivity index (χ1) is 11.3. The van der Waals surface area contributed by atoms with E-state index in [2.05, 4.69) is 19.6 Å². The van der Waals surface area contributed by atoms with Gasteiger partial charge in [0.2, 0.25) is 0 Å². The van der Waals surface area contributed by atoms with E-state index in [1.54, 1.807) is 0 Å². The molecule has 0 N–H and O–H groups in total. The van der Waals surface area contributed by atoms with Crippen molar-refractivity contribution in [3.05, 3.63) is 0 Å². The molecule has 0 unspecified atom stereocenters. The molecule has 0 radical (unpaired) electrons. The van der Waals surface area contributed by atoms with Crippen LogP contribution in [0, 0.1) is 0 Å². The van der Waals surface area contributed by atoms with Gasteiger partial charge in [0, 0.05) is 6.42 Å². The monoisotopic (exact) mass is 344 g/mol. The molecule has 0 aromatic rings. The summed E-state index contributed by atoms with van der Waals surface area (Å²) in [7, 11) is 0. The fourth-order valence-electron chi connectivity index (χ4n) is 2.76. The molecule has 2 nitrogen and oxygen atoms in total. The Kier molecular flexibility index (Phi) is 19.7. The zero-order valence-corrected chi connectivity index (χ0v) is 16.4. The standard InChI is InChI=1S/C20H40O2S/c1-2-3-4-5-12-15-18-22-20(21)17-14-11-9-7-6-8-10-13-16-19-23/h23H,2-19H2,1H3. The van der Waals surface area contributed by atoms with Crippen molar-refractivity contribution in [3.8, 4) is 0 Å². The van der Waals surface area contributed by atoms with E-state index in [4.69, 9.17) is 4.74 Å². The minimum atomic E-state index is 0.00492. The lowest BCUT2D eigenvalue weighted by molar-refractivity contribution is -0.143. The number of thiol groups is 1. The molecule has 0 bridgehead atoms. The van der Waals surface area contributed by atoms with E-state index >= 15 is 0 Å². The van der Waals surface area contributed by atoms with Crippen molar-refractivity contribution in [3.63, 3.8) is 0 Å². The molecule has 0 amide bonds. The summed E-state index contributed by atoms with van der Waals surface area (Å²) in [5.41, 5.74) is 0. The molecule has 0 fully saturated rings. The summed E-state index contributed by atoms with van der Waals surface area (Å²) < 4.78 is 5.29. The van der Waals surface area contributed by atoms with Crippen LogP contribution >= 0.6 is 12.6 Å². The lowest BCUT2D eigenvalue weighted by Crippen LogP contribution is -2.05. The van der Waals surface area contributed by atoms with Crippen molar-refractivity contribution in [1.82, 2.24) is 0 Å². The molecule has 0 saturated heterocycles. The highest BCUT2D eigenvalue weighted by Crippen LogP contribution is 2.11. The van der Waals surface area contributed by atoms with Gasteiger partial charge >= 0.3 is 5.97 Å². The average molecular weight is 345 g/mol. The van der Waals surface area contributed by atoms with Gasteiger partial charge in [-0.25, -0.2) is 0 Å². The van der Waals surface area contributed by atoms with Crippen LogP contribution in [0.5, 0.6) is 0 Å². The second-order valence-electron chi connectivity index (χ2n) is 6.64. The maximum atomic E-state index is 11.6. The molecule has 23 heavy (non-hydrogen) atoms. The van der Waals surface area contributed by atoms with Crippen LogP contribution in [-0.2, 0) is 9.53 Å². The second-order valence-corrected chi connectivity index (χ2v) is 7.09. The van der Waals surface area contributed by atoms with E-state index in [1.165, 1.54) is 83.5 Å². The third kappa shape index (κ3) is 19.8. The summed E-state index contributed by atoms with van der Waals surface area (Å²) in [6, 6.07) is 0. The number of carbonyl (C=O) groups is 1. The Balaban J connectivity index is 3.13. The van der Waals surface area contributed by atoms with Crippen molar-refractivity contribution < 1.29 is 9.53 Å². The quantitative estimate of drug-likeness (QED) is 0.170. The van der Waals surface area contributed by atoms with Gasteiger partial charge in [-0.05, 0) is 25.0 Å². The molecule has 0 aromatic heterocycles. The second kappa shape index (κ2) is 19.9. The Labute approximate surface area is 150 Å². The summed E-state index contributed by atoms with van der Waals surface area (Å²) in [5.74, 6) is 1.03. The van der Waals surface area contributed by atoms with Crippen LogP contribution in [0.2, 0.25) is 0 Å². The predicted octanol–water partition coefficient (Wildman–Crippen LogP) is 6.72.